The largest absolute Gasteiger partial charge is 0.342 e. The predicted octanol–water partition coefficient (Wildman–Crippen LogP) is -1.26. The number of carbonyl (C=O) groups excluding carboxylic acids is 1. The lowest BCUT2D eigenvalue weighted by Crippen LogP contribution is -2.55. The van der Waals surface area contributed by atoms with Gasteiger partial charge in [-0.15, -0.1) is 0 Å². The molecule has 0 bridgehead atoms. The van der Waals surface area contributed by atoms with Gasteiger partial charge in [0.15, 0.2) is 0 Å². The van der Waals surface area contributed by atoms with Crippen LogP contribution in [0.4, 0.5) is 0 Å². The van der Waals surface area contributed by atoms with E-state index in [0.717, 1.165) is 25.9 Å². The monoisotopic (exact) mass is 211 g/mol. The van der Waals surface area contributed by atoms with Gasteiger partial charge in [0.1, 0.15) is 0 Å². The number of rotatable bonds is 1. The smallest absolute Gasteiger partial charge is 0.242 e. The summed E-state index contributed by atoms with van der Waals surface area (Å²) in [5.74, 6) is 6.18. The summed E-state index contributed by atoms with van der Waals surface area (Å²) in [6.45, 7) is 1.88. The van der Waals surface area contributed by atoms with Gasteiger partial charge in [-0.05, 0) is 12.8 Å². The van der Waals surface area contributed by atoms with E-state index in [0.29, 0.717) is 18.5 Å². The third-order valence-electron chi connectivity index (χ3n) is 2.74. The van der Waals surface area contributed by atoms with Gasteiger partial charge >= 0.3 is 0 Å². The van der Waals surface area contributed by atoms with Crippen molar-refractivity contribution in [2.24, 2.45) is 10.8 Å². The minimum absolute atomic E-state index is 0.111. The van der Waals surface area contributed by atoms with Crippen LogP contribution in [0.3, 0.4) is 0 Å². The summed E-state index contributed by atoms with van der Waals surface area (Å²) in [4.78, 5) is 19.5. The highest BCUT2D eigenvalue weighted by molar-refractivity contribution is 5.87. The fraction of sp³-hybridized carbons (Fsp3) is 0.778. The Balaban J connectivity index is 1.99. The summed E-state index contributed by atoms with van der Waals surface area (Å²) < 4.78 is 0. The Bertz CT molecular complexity index is 286. The Labute approximate surface area is 89.1 Å². The van der Waals surface area contributed by atoms with Crippen molar-refractivity contribution in [1.29, 1.82) is 0 Å². The topological polar surface area (TPSA) is 74.0 Å². The molecule has 6 nitrogen and oxygen atoms in total. The molecule has 0 atom stereocenters. The molecule has 0 aromatic heterocycles. The van der Waals surface area contributed by atoms with Crippen molar-refractivity contribution in [3.05, 3.63) is 0 Å². The lowest BCUT2D eigenvalue weighted by Gasteiger charge is -2.33. The van der Waals surface area contributed by atoms with Gasteiger partial charge in [0.05, 0.1) is 12.6 Å². The number of hydrogen-bond donors (Lipinski definition) is 2. The second-order valence-electron chi connectivity index (χ2n) is 4.07. The Morgan fingerprint density at radius 1 is 1.53 bits per heavy atom. The summed E-state index contributed by atoms with van der Waals surface area (Å²) in [6.07, 6.45) is 2.26. The first-order chi connectivity index (χ1) is 7.20. The molecule has 2 aliphatic rings. The van der Waals surface area contributed by atoms with Crippen molar-refractivity contribution in [2.75, 3.05) is 26.7 Å². The van der Waals surface area contributed by atoms with Crippen LogP contribution in [0.2, 0.25) is 0 Å². The number of amides is 1. The van der Waals surface area contributed by atoms with Gasteiger partial charge in [0.25, 0.3) is 0 Å². The van der Waals surface area contributed by atoms with E-state index < -0.39 is 0 Å². The minimum Gasteiger partial charge on any atom is -0.342 e. The Morgan fingerprint density at radius 3 is 2.80 bits per heavy atom. The van der Waals surface area contributed by atoms with Crippen LogP contribution in [0.1, 0.15) is 12.8 Å². The van der Waals surface area contributed by atoms with Gasteiger partial charge in [-0.25, -0.2) is 10.8 Å². The molecule has 0 radical (unpaired) electrons. The SMILES string of the molecule is CN1CCN(C(=NC2CC2)NN)CC1=O. The van der Waals surface area contributed by atoms with E-state index in [4.69, 9.17) is 5.84 Å². The molecule has 1 amide bonds. The Morgan fingerprint density at radius 2 is 2.27 bits per heavy atom. The zero-order chi connectivity index (χ0) is 10.8. The maximum atomic E-state index is 11.5. The summed E-state index contributed by atoms with van der Waals surface area (Å²) >= 11 is 0. The lowest BCUT2D eigenvalue weighted by atomic mass is 10.3. The van der Waals surface area contributed by atoms with E-state index in [-0.39, 0.29) is 5.91 Å². The molecule has 15 heavy (non-hydrogen) atoms. The summed E-state index contributed by atoms with van der Waals surface area (Å²) in [7, 11) is 1.81. The average Bonchev–Trinajstić information content (AvgIpc) is 3.02. The number of nitrogens with one attached hydrogen (secondary N) is 1. The first kappa shape index (κ1) is 10.2. The number of nitrogens with two attached hydrogens (primary N) is 1. The van der Waals surface area contributed by atoms with E-state index in [1.54, 1.807) is 4.90 Å². The second kappa shape index (κ2) is 4.06. The molecule has 1 saturated heterocycles. The van der Waals surface area contributed by atoms with E-state index in [2.05, 4.69) is 10.4 Å². The van der Waals surface area contributed by atoms with Crippen molar-refractivity contribution in [1.82, 2.24) is 15.2 Å². The fourth-order valence-electron chi connectivity index (χ4n) is 1.53. The maximum Gasteiger partial charge on any atom is 0.242 e. The molecule has 0 aromatic rings. The van der Waals surface area contributed by atoms with Gasteiger partial charge in [0.2, 0.25) is 11.9 Å². The van der Waals surface area contributed by atoms with Crippen LogP contribution in [0.15, 0.2) is 4.99 Å². The van der Waals surface area contributed by atoms with Crippen LogP contribution in [0, 0.1) is 0 Å². The molecular formula is C9H17N5O. The first-order valence-corrected chi connectivity index (χ1v) is 5.24. The molecular weight excluding hydrogens is 194 g/mol. The highest BCUT2D eigenvalue weighted by Crippen LogP contribution is 2.23. The zero-order valence-electron chi connectivity index (χ0n) is 8.94. The van der Waals surface area contributed by atoms with Crippen LogP contribution in [-0.2, 0) is 4.79 Å². The molecule has 84 valence electrons. The highest BCUT2D eigenvalue weighted by atomic mass is 16.2. The average molecular weight is 211 g/mol. The van der Waals surface area contributed by atoms with E-state index in [9.17, 15) is 4.79 Å². The van der Waals surface area contributed by atoms with Crippen LogP contribution in [0.25, 0.3) is 0 Å². The third kappa shape index (κ3) is 2.38. The molecule has 0 unspecified atom stereocenters. The molecule has 1 aliphatic heterocycles. The molecule has 2 fully saturated rings. The third-order valence-corrected chi connectivity index (χ3v) is 2.74. The van der Waals surface area contributed by atoms with Crippen molar-refractivity contribution < 1.29 is 4.79 Å². The fourth-order valence-corrected chi connectivity index (χ4v) is 1.53. The molecule has 6 heteroatoms. The quantitative estimate of drug-likeness (QED) is 0.246. The zero-order valence-corrected chi connectivity index (χ0v) is 8.94. The molecule has 1 heterocycles. The van der Waals surface area contributed by atoms with E-state index in [1.807, 2.05) is 11.9 Å². The van der Waals surface area contributed by atoms with Crippen LogP contribution in [0.5, 0.6) is 0 Å². The first-order valence-electron chi connectivity index (χ1n) is 5.24. The number of carbonyl (C=O) groups is 1. The van der Waals surface area contributed by atoms with Crippen molar-refractivity contribution in [2.45, 2.75) is 18.9 Å². The number of guanidine groups is 1. The van der Waals surface area contributed by atoms with Crippen molar-refractivity contribution in [3.63, 3.8) is 0 Å². The predicted molar refractivity (Wildman–Crippen MR) is 57.0 cm³/mol. The van der Waals surface area contributed by atoms with Crippen molar-refractivity contribution >= 4 is 11.9 Å². The molecule has 1 aliphatic carbocycles. The molecule has 3 N–H and O–H groups in total. The summed E-state index contributed by atoms with van der Waals surface area (Å²) in [5.41, 5.74) is 2.58. The number of likely N-dealkylation sites (N-methyl/N-ethyl adjacent to an activating group) is 1. The number of piperazine rings is 1. The standard InChI is InChI=1S/C9H17N5O/c1-13-4-5-14(6-8(13)15)9(12-10)11-7-2-3-7/h7H,2-6,10H2,1H3,(H,11,12). The van der Waals surface area contributed by atoms with Gasteiger partial charge in [-0.3, -0.25) is 10.2 Å². The second-order valence-corrected chi connectivity index (χ2v) is 4.07. The number of hydrazine groups is 1. The van der Waals surface area contributed by atoms with Gasteiger partial charge in [-0.2, -0.15) is 0 Å². The maximum absolute atomic E-state index is 11.5. The normalized spacial score (nSPS) is 23.3. The van der Waals surface area contributed by atoms with Gasteiger partial charge < -0.3 is 9.80 Å². The number of nitrogens with zero attached hydrogens (tertiary/aromatic N) is 3. The molecule has 0 spiro atoms. The van der Waals surface area contributed by atoms with Crippen LogP contribution in [-0.4, -0.2) is 54.4 Å². The number of aliphatic imine (C=N–C) groups is 1. The highest BCUT2D eigenvalue weighted by Gasteiger charge is 2.26. The Kier molecular flexibility index (Phi) is 2.77. The number of hydrogen-bond acceptors (Lipinski definition) is 3. The summed E-state index contributed by atoms with van der Waals surface area (Å²) in [6, 6.07) is 0.408. The minimum atomic E-state index is 0.111. The van der Waals surface area contributed by atoms with Crippen LogP contribution < -0.4 is 11.3 Å². The molecule has 1 saturated carbocycles. The molecule has 0 aromatic carbocycles. The molecule has 2 rings (SSSR count). The lowest BCUT2D eigenvalue weighted by molar-refractivity contribution is -0.132. The van der Waals surface area contributed by atoms with Crippen molar-refractivity contribution in [3.8, 4) is 0 Å². The Hall–Kier alpha value is -1.30. The van der Waals surface area contributed by atoms with Gasteiger partial charge in [-0.1, -0.05) is 0 Å². The van der Waals surface area contributed by atoms with E-state index in [1.165, 1.54) is 0 Å². The van der Waals surface area contributed by atoms with Crippen LogP contribution >= 0.6 is 0 Å². The summed E-state index contributed by atoms with van der Waals surface area (Å²) in [5, 5.41) is 0. The van der Waals surface area contributed by atoms with E-state index >= 15 is 0 Å². The van der Waals surface area contributed by atoms with Gasteiger partial charge in [0, 0.05) is 20.1 Å².